The van der Waals surface area contributed by atoms with Gasteiger partial charge in [0.2, 0.25) is 0 Å². The van der Waals surface area contributed by atoms with Crippen molar-refractivity contribution in [1.82, 2.24) is 25.5 Å². The van der Waals surface area contributed by atoms with Gasteiger partial charge in [-0.25, -0.2) is 4.79 Å². The van der Waals surface area contributed by atoms with Gasteiger partial charge in [-0.1, -0.05) is 19.1 Å². The van der Waals surface area contributed by atoms with Gasteiger partial charge in [-0.15, -0.1) is 0 Å². The predicted octanol–water partition coefficient (Wildman–Crippen LogP) is 3.14. The predicted molar refractivity (Wildman–Crippen MR) is 126 cm³/mol. The van der Waals surface area contributed by atoms with Crippen molar-refractivity contribution in [2.75, 3.05) is 6.54 Å². The third-order valence-electron chi connectivity index (χ3n) is 6.63. The smallest absolute Gasteiger partial charge is 0.322 e. The molecule has 0 spiro atoms. The quantitative estimate of drug-likeness (QED) is 0.436. The molecule has 3 aromatic heterocycles. The van der Waals surface area contributed by atoms with Crippen LogP contribution in [0.1, 0.15) is 34.2 Å². The van der Waals surface area contributed by atoms with Crippen LogP contribution in [-0.4, -0.2) is 39.3 Å². The lowest BCUT2D eigenvalue weighted by atomic mass is 9.95. The van der Waals surface area contributed by atoms with E-state index in [0.717, 1.165) is 34.2 Å². The molecule has 5 heterocycles. The molecular weight excluding hydrogens is 446 g/mol. The van der Waals surface area contributed by atoms with E-state index >= 15 is 0 Å². The highest BCUT2D eigenvalue weighted by Crippen LogP contribution is 2.35. The molecule has 6 rings (SSSR count). The fourth-order valence-corrected chi connectivity index (χ4v) is 4.73. The van der Waals surface area contributed by atoms with Gasteiger partial charge in [0, 0.05) is 35.5 Å². The van der Waals surface area contributed by atoms with Gasteiger partial charge in [0.1, 0.15) is 5.76 Å². The largest absolute Gasteiger partial charge is 0.456 e. The molecule has 4 amide bonds. The summed E-state index contributed by atoms with van der Waals surface area (Å²) in [4.78, 5) is 48.7. The molecule has 2 aliphatic heterocycles. The molecule has 2 aliphatic rings. The minimum atomic E-state index is -1.56. The second-order valence-corrected chi connectivity index (χ2v) is 8.77. The van der Waals surface area contributed by atoms with Crippen molar-refractivity contribution in [2.24, 2.45) is 0 Å². The molecule has 9 nitrogen and oxygen atoms in total. The van der Waals surface area contributed by atoms with Gasteiger partial charge in [-0.2, -0.15) is 0 Å². The first-order valence-corrected chi connectivity index (χ1v) is 11.3. The van der Waals surface area contributed by atoms with Crippen LogP contribution in [0.3, 0.4) is 0 Å². The third-order valence-corrected chi connectivity index (χ3v) is 6.63. The topological polar surface area (TPSA) is 117 Å². The molecule has 0 radical (unpaired) electrons. The van der Waals surface area contributed by atoms with E-state index in [4.69, 9.17) is 4.42 Å². The molecular formula is C26H21N5O4. The van der Waals surface area contributed by atoms with Crippen LogP contribution in [-0.2, 0) is 23.3 Å². The first-order valence-electron chi connectivity index (χ1n) is 11.3. The number of imide groups is 1. The number of furan rings is 1. The Hall–Kier alpha value is -4.53. The summed E-state index contributed by atoms with van der Waals surface area (Å²) in [6.07, 6.45) is 5.77. The van der Waals surface area contributed by atoms with Gasteiger partial charge in [-0.3, -0.25) is 24.9 Å². The maximum Gasteiger partial charge on any atom is 0.322 e. The van der Waals surface area contributed by atoms with Crippen LogP contribution in [0.25, 0.3) is 22.2 Å². The fraction of sp³-hybridized carbons (Fsp3) is 0.192. The van der Waals surface area contributed by atoms with Gasteiger partial charge < -0.3 is 14.6 Å². The Kier molecular flexibility index (Phi) is 4.67. The van der Waals surface area contributed by atoms with Crippen molar-refractivity contribution >= 4 is 28.8 Å². The number of carbonyl (C=O) groups is 3. The van der Waals surface area contributed by atoms with E-state index in [2.05, 4.69) is 20.6 Å². The number of aromatic nitrogens is 2. The molecule has 4 aromatic rings. The Balaban J connectivity index is 1.38. The summed E-state index contributed by atoms with van der Waals surface area (Å²) in [7, 11) is 0. The highest BCUT2D eigenvalue weighted by atomic mass is 16.3. The van der Waals surface area contributed by atoms with E-state index in [9.17, 15) is 14.4 Å². The van der Waals surface area contributed by atoms with E-state index in [1.807, 2.05) is 43.3 Å². The van der Waals surface area contributed by atoms with E-state index in [-0.39, 0.29) is 18.2 Å². The van der Waals surface area contributed by atoms with E-state index in [1.54, 1.807) is 29.6 Å². The van der Waals surface area contributed by atoms with Crippen LogP contribution < -0.4 is 10.6 Å². The Morgan fingerprint density at radius 3 is 2.66 bits per heavy atom. The third kappa shape index (κ3) is 3.35. The summed E-state index contributed by atoms with van der Waals surface area (Å²) in [5, 5.41) is 5.75. The number of hydrogen-bond donors (Lipinski definition) is 2. The summed E-state index contributed by atoms with van der Waals surface area (Å²) >= 11 is 0. The molecule has 0 unspecified atom stereocenters. The summed E-state index contributed by atoms with van der Waals surface area (Å²) in [5.74, 6) is -0.509. The highest BCUT2D eigenvalue weighted by molar-refractivity contribution is 6.08. The van der Waals surface area contributed by atoms with E-state index in [0.29, 0.717) is 17.7 Å². The number of aryl methyl sites for hydroxylation is 1. The molecule has 1 saturated heterocycles. The Bertz CT molecular complexity index is 1510. The standard InChI is InChI=1S/C26H21N5O4/c1-2-15-3-4-17-13-31(23(32)19(17)9-15)14-26(24(33)29-25(34)30-26)22-11-18-10-20(28-12-21(18)35-22)16-5-7-27-8-6-16/h3-12H,2,13-14H2,1H3,(H2,29,30,33,34)/t26-/m0/s1. The number of nitrogens with one attached hydrogen (secondary N) is 2. The molecule has 174 valence electrons. The lowest BCUT2D eigenvalue weighted by Crippen LogP contribution is -2.52. The Morgan fingerprint density at radius 2 is 1.91 bits per heavy atom. The number of carbonyl (C=O) groups excluding carboxylic acids is 3. The lowest BCUT2D eigenvalue weighted by Gasteiger charge is -2.29. The molecule has 0 saturated carbocycles. The number of amides is 4. The van der Waals surface area contributed by atoms with Gasteiger partial charge in [0.15, 0.2) is 11.1 Å². The molecule has 0 bridgehead atoms. The van der Waals surface area contributed by atoms with Crippen molar-refractivity contribution < 1.29 is 18.8 Å². The minimum absolute atomic E-state index is 0.0655. The maximum atomic E-state index is 13.2. The van der Waals surface area contributed by atoms with Crippen molar-refractivity contribution in [3.63, 3.8) is 0 Å². The van der Waals surface area contributed by atoms with Crippen LogP contribution >= 0.6 is 0 Å². The zero-order valence-corrected chi connectivity index (χ0v) is 18.9. The second kappa shape index (κ2) is 7.76. The maximum absolute atomic E-state index is 13.2. The van der Waals surface area contributed by atoms with E-state index < -0.39 is 17.5 Å². The van der Waals surface area contributed by atoms with Crippen molar-refractivity contribution in [3.8, 4) is 11.3 Å². The van der Waals surface area contributed by atoms with Crippen molar-refractivity contribution in [3.05, 3.63) is 83.5 Å². The fourth-order valence-electron chi connectivity index (χ4n) is 4.73. The first-order chi connectivity index (χ1) is 17.0. The van der Waals surface area contributed by atoms with Crippen LogP contribution in [0.5, 0.6) is 0 Å². The van der Waals surface area contributed by atoms with Crippen molar-refractivity contribution in [1.29, 1.82) is 0 Å². The van der Waals surface area contributed by atoms with Gasteiger partial charge in [0.25, 0.3) is 11.8 Å². The Morgan fingerprint density at radius 1 is 1.09 bits per heavy atom. The number of urea groups is 1. The van der Waals surface area contributed by atoms with Crippen LogP contribution in [0, 0.1) is 0 Å². The van der Waals surface area contributed by atoms with Crippen LogP contribution in [0.2, 0.25) is 0 Å². The lowest BCUT2D eigenvalue weighted by molar-refractivity contribution is -0.125. The second-order valence-electron chi connectivity index (χ2n) is 8.77. The van der Waals surface area contributed by atoms with E-state index in [1.165, 1.54) is 0 Å². The number of pyridine rings is 2. The average Bonchev–Trinajstić information content (AvgIpc) is 3.53. The van der Waals surface area contributed by atoms with Gasteiger partial charge in [-0.05, 0) is 47.9 Å². The number of benzene rings is 1. The summed E-state index contributed by atoms with van der Waals surface area (Å²) in [6, 6.07) is 12.5. The van der Waals surface area contributed by atoms with Crippen LogP contribution in [0.4, 0.5) is 4.79 Å². The first kappa shape index (κ1) is 21.0. The summed E-state index contributed by atoms with van der Waals surface area (Å²) in [6.45, 7) is 2.31. The zero-order valence-electron chi connectivity index (χ0n) is 18.9. The number of hydrogen-bond acceptors (Lipinski definition) is 6. The zero-order chi connectivity index (χ0) is 24.2. The van der Waals surface area contributed by atoms with Crippen molar-refractivity contribution in [2.45, 2.75) is 25.4 Å². The average molecular weight is 467 g/mol. The molecule has 1 fully saturated rings. The monoisotopic (exact) mass is 467 g/mol. The number of rotatable bonds is 5. The number of nitrogens with zero attached hydrogens (tertiary/aromatic N) is 3. The molecule has 9 heteroatoms. The normalized spacial score (nSPS) is 19.2. The molecule has 0 aliphatic carbocycles. The summed E-state index contributed by atoms with van der Waals surface area (Å²) in [5.41, 5.74) is 3.10. The van der Waals surface area contributed by atoms with Crippen LogP contribution in [0.15, 0.2) is 65.5 Å². The number of fused-ring (bicyclic) bond motifs is 2. The van der Waals surface area contributed by atoms with Gasteiger partial charge in [0.05, 0.1) is 18.4 Å². The molecule has 1 aromatic carbocycles. The minimum Gasteiger partial charge on any atom is -0.456 e. The summed E-state index contributed by atoms with van der Waals surface area (Å²) < 4.78 is 6.04. The van der Waals surface area contributed by atoms with Gasteiger partial charge >= 0.3 is 6.03 Å². The molecule has 1 atom stereocenters. The molecule has 2 N–H and O–H groups in total. The highest BCUT2D eigenvalue weighted by Gasteiger charge is 2.53. The Labute approximate surface area is 200 Å². The molecule has 35 heavy (non-hydrogen) atoms. The SMILES string of the molecule is CCc1ccc2c(c1)C(=O)N(C[C@@]1(c3cc4cc(-c5ccncc5)ncc4o3)NC(=O)NC1=O)C2.